The molecule has 0 radical (unpaired) electrons. The van der Waals surface area contributed by atoms with Crippen LogP contribution in [0.3, 0.4) is 0 Å². The zero-order valence-electron chi connectivity index (χ0n) is 15.7. The molecule has 1 unspecified atom stereocenters. The van der Waals surface area contributed by atoms with E-state index in [4.69, 9.17) is 5.11 Å². The van der Waals surface area contributed by atoms with Crippen LogP contribution in [0.5, 0.6) is 0 Å². The first-order valence-electron chi connectivity index (χ1n) is 9.45. The number of carboxylic acid groups (broad SMARTS) is 1. The third-order valence-electron chi connectivity index (χ3n) is 5.62. The maximum atomic E-state index is 12.9. The first-order chi connectivity index (χ1) is 13.3. The summed E-state index contributed by atoms with van der Waals surface area (Å²) >= 11 is 0. The molecule has 28 heavy (non-hydrogen) atoms. The van der Waals surface area contributed by atoms with Crippen LogP contribution in [0.4, 0.5) is 13.2 Å². The van der Waals surface area contributed by atoms with Crippen LogP contribution in [0.25, 0.3) is 0 Å². The van der Waals surface area contributed by atoms with Gasteiger partial charge in [-0.1, -0.05) is 42.5 Å². The number of halogens is 3. The van der Waals surface area contributed by atoms with E-state index < -0.39 is 17.7 Å². The Hall–Kier alpha value is -2.34. The quantitative estimate of drug-likeness (QED) is 0.711. The SMILES string of the molecule is CC(c1ccccc1)N1CC[C@H](CC(=O)O)C[C@@H]1c1ccc(C(F)(F)F)cc1. The van der Waals surface area contributed by atoms with Crippen LogP contribution in [-0.2, 0) is 11.0 Å². The van der Waals surface area contributed by atoms with Crippen molar-refractivity contribution in [3.63, 3.8) is 0 Å². The van der Waals surface area contributed by atoms with Gasteiger partial charge in [0.15, 0.2) is 0 Å². The second kappa shape index (κ2) is 8.35. The summed E-state index contributed by atoms with van der Waals surface area (Å²) in [5, 5.41) is 9.16. The van der Waals surface area contributed by atoms with Gasteiger partial charge in [-0.3, -0.25) is 9.69 Å². The maximum absolute atomic E-state index is 12.9. The molecule has 2 aromatic carbocycles. The Balaban J connectivity index is 1.89. The average molecular weight is 391 g/mol. The molecule has 0 spiro atoms. The predicted octanol–water partition coefficient (Wildman–Crippen LogP) is 5.69. The topological polar surface area (TPSA) is 40.5 Å². The molecule has 0 aliphatic carbocycles. The molecule has 1 aliphatic heterocycles. The maximum Gasteiger partial charge on any atom is 0.416 e. The molecular formula is C22H24F3NO2. The third kappa shape index (κ3) is 4.73. The van der Waals surface area contributed by atoms with E-state index in [-0.39, 0.29) is 24.4 Å². The minimum absolute atomic E-state index is 0.0176. The Morgan fingerprint density at radius 2 is 1.79 bits per heavy atom. The molecule has 1 saturated heterocycles. The first-order valence-corrected chi connectivity index (χ1v) is 9.45. The lowest BCUT2D eigenvalue weighted by Crippen LogP contribution is -2.39. The van der Waals surface area contributed by atoms with Crippen LogP contribution in [0.15, 0.2) is 54.6 Å². The summed E-state index contributed by atoms with van der Waals surface area (Å²) in [7, 11) is 0. The Morgan fingerprint density at radius 1 is 1.14 bits per heavy atom. The van der Waals surface area contributed by atoms with Crippen molar-refractivity contribution in [2.24, 2.45) is 5.92 Å². The molecule has 3 rings (SSSR count). The fourth-order valence-corrected chi connectivity index (χ4v) is 4.10. The van der Waals surface area contributed by atoms with Crippen LogP contribution in [-0.4, -0.2) is 22.5 Å². The number of hydrogen-bond donors (Lipinski definition) is 1. The van der Waals surface area contributed by atoms with E-state index >= 15 is 0 Å². The molecule has 0 amide bonds. The van der Waals surface area contributed by atoms with Gasteiger partial charge in [0.2, 0.25) is 0 Å². The second-order valence-electron chi connectivity index (χ2n) is 7.45. The fraction of sp³-hybridized carbons (Fsp3) is 0.409. The van der Waals surface area contributed by atoms with Gasteiger partial charge in [-0.25, -0.2) is 0 Å². The van der Waals surface area contributed by atoms with Gasteiger partial charge in [0, 0.05) is 18.5 Å². The number of rotatable bonds is 5. The highest BCUT2D eigenvalue weighted by molar-refractivity contribution is 5.67. The van der Waals surface area contributed by atoms with E-state index in [9.17, 15) is 18.0 Å². The van der Waals surface area contributed by atoms with Crippen LogP contribution in [0.1, 0.15) is 55.0 Å². The lowest BCUT2D eigenvalue weighted by atomic mass is 9.83. The van der Waals surface area contributed by atoms with Crippen LogP contribution >= 0.6 is 0 Å². The molecule has 0 bridgehead atoms. The number of piperidine rings is 1. The van der Waals surface area contributed by atoms with Gasteiger partial charge in [-0.15, -0.1) is 0 Å². The molecule has 1 heterocycles. The molecular weight excluding hydrogens is 367 g/mol. The van der Waals surface area contributed by atoms with Crippen molar-refractivity contribution in [3.05, 3.63) is 71.3 Å². The highest BCUT2D eigenvalue weighted by Gasteiger charge is 2.35. The summed E-state index contributed by atoms with van der Waals surface area (Å²) in [6.07, 6.45) is -2.89. The third-order valence-corrected chi connectivity index (χ3v) is 5.62. The molecule has 150 valence electrons. The standard InChI is InChI=1S/C22H24F3NO2/c1-15(17-5-3-2-4-6-17)26-12-11-16(14-21(27)28)13-20(26)18-7-9-19(10-8-18)22(23,24)25/h2-10,15-16,20H,11-14H2,1H3,(H,27,28)/t15?,16-,20+/m0/s1. The van der Waals surface area contributed by atoms with Crippen LogP contribution in [0.2, 0.25) is 0 Å². The number of hydrogen-bond acceptors (Lipinski definition) is 2. The van der Waals surface area contributed by atoms with E-state index in [0.29, 0.717) is 13.0 Å². The molecule has 2 aromatic rings. The van der Waals surface area contributed by atoms with E-state index in [1.54, 1.807) is 0 Å². The zero-order chi connectivity index (χ0) is 20.3. The molecule has 6 heteroatoms. The largest absolute Gasteiger partial charge is 0.481 e. The monoisotopic (exact) mass is 391 g/mol. The Morgan fingerprint density at radius 3 is 2.36 bits per heavy atom. The van der Waals surface area contributed by atoms with Gasteiger partial charge in [-0.2, -0.15) is 13.2 Å². The summed E-state index contributed by atoms with van der Waals surface area (Å²) < 4.78 is 38.8. The highest BCUT2D eigenvalue weighted by atomic mass is 19.4. The van der Waals surface area contributed by atoms with Gasteiger partial charge >= 0.3 is 12.1 Å². The number of likely N-dealkylation sites (tertiary alicyclic amines) is 1. The number of aliphatic carboxylic acids is 1. The Kier molecular flexibility index (Phi) is 6.08. The molecule has 3 atom stereocenters. The fourth-order valence-electron chi connectivity index (χ4n) is 4.10. The van der Waals surface area contributed by atoms with Crippen molar-refractivity contribution in [1.29, 1.82) is 0 Å². The molecule has 0 saturated carbocycles. The van der Waals surface area contributed by atoms with Crippen molar-refractivity contribution in [3.8, 4) is 0 Å². The van der Waals surface area contributed by atoms with Crippen molar-refractivity contribution in [2.75, 3.05) is 6.54 Å². The summed E-state index contributed by atoms with van der Waals surface area (Å²) in [5.74, 6) is -0.815. The smallest absolute Gasteiger partial charge is 0.416 e. The van der Waals surface area contributed by atoms with Crippen molar-refractivity contribution in [2.45, 2.75) is 44.4 Å². The number of benzene rings is 2. The first kappa shape index (κ1) is 20.4. The molecule has 3 nitrogen and oxygen atoms in total. The number of carboxylic acids is 1. The number of carbonyl (C=O) groups is 1. The van der Waals surface area contributed by atoms with E-state index in [1.807, 2.05) is 30.3 Å². The van der Waals surface area contributed by atoms with Gasteiger partial charge in [0.05, 0.1) is 5.56 Å². The van der Waals surface area contributed by atoms with Gasteiger partial charge in [0.25, 0.3) is 0 Å². The normalized spacial score (nSPS) is 22.0. The molecule has 0 aromatic heterocycles. The summed E-state index contributed by atoms with van der Waals surface area (Å²) in [5.41, 5.74) is 1.26. The van der Waals surface area contributed by atoms with Crippen LogP contribution in [0, 0.1) is 5.92 Å². The van der Waals surface area contributed by atoms with Gasteiger partial charge < -0.3 is 5.11 Å². The predicted molar refractivity (Wildman–Crippen MR) is 101 cm³/mol. The van der Waals surface area contributed by atoms with Crippen molar-refractivity contribution >= 4 is 5.97 Å². The van der Waals surface area contributed by atoms with Crippen LogP contribution < -0.4 is 0 Å². The van der Waals surface area contributed by atoms with Gasteiger partial charge in [0.1, 0.15) is 0 Å². The van der Waals surface area contributed by atoms with Crippen molar-refractivity contribution in [1.82, 2.24) is 4.90 Å². The minimum Gasteiger partial charge on any atom is -0.481 e. The lowest BCUT2D eigenvalue weighted by Gasteiger charge is -2.43. The minimum atomic E-state index is -4.37. The van der Waals surface area contributed by atoms with E-state index in [2.05, 4.69) is 11.8 Å². The second-order valence-corrected chi connectivity index (χ2v) is 7.45. The van der Waals surface area contributed by atoms with E-state index in [1.165, 1.54) is 12.1 Å². The molecule has 1 N–H and O–H groups in total. The van der Waals surface area contributed by atoms with Gasteiger partial charge in [-0.05, 0) is 55.5 Å². The Labute approximate surface area is 162 Å². The Bertz CT molecular complexity index is 790. The molecule has 1 aliphatic rings. The lowest BCUT2D eigenvalue weighted by molar-refractivity contribution is -0.139. The summed E-state index contributed by atoms with van der Waals surface area (Å²) in [4.78, 5) is 13.4. The zero-order valence-corrected chi connectivity index (χ0v) is 15.7. The number of nitrogens with zero attached hydrogens (tertiary/aromatic N) is 1. The molecule has 1 fully saturated rings. The summed E-state index contributed by atoms with van der Waals surface area (Å²) in [6.45, 7) is 2.80. The average Bonchev–Trinajstić information content (AvgIpc) is 2.67. The number of alkyl halides is 3. The highest BCUT2D eigenvalue weighted by Crippen LogP contribution is 2.41. The van der Waals surface area contributed by atoms with E-state index in [0.717, 1.165) is 29.7 Å². The van der Waals surface area contributed by atoms with Crippen molar-refractivity contribution < 1.29 is 23.1 Å². The summed E-state index contributed by atoms with van der Waals surface area (Å²) in [6, 6.07) is 15.2.